The Morgan fingerprint density at radius 1 is 1.17 bits per heavy atom. The smallest absolute Gasteiger partial charge is 0.257 e. The lowest BCUT2D eigenvalue weighted by Crippen LogP contribution is -2.56. The number of hydrogen-bond acceptors (Lipinski definition) is 4. The Hall–Kier alpha value is -1.95. The quantitative estimate of drug-likeness (QED) is 0.862. The summed E-state index contributed by atoms with van der Waals surface area (Å²) in [4.78, 5) is 8.29. The molecule has 2 aromatic rings. The molecule has 2 aromatic heterocycles. The van der Waals surface area contributed by atoms with E-state index in [1.54, 1.807) is 24.9 Å². The number of pyridine rings is 1. The molecule has 2 aliphatic heterocycles. The Balaban J connectivity index is 1.53. The second kappa shape index (κ2) is 5.84. The van der Waals surface area contributed by atoms with Crippen LogP contribution in [0.5, 0.6) is 0 Å². The van der Waals surface area contributed by atoms with Crippen molar-refractivity contribution in [1.82, 2.24) is 9.88 Å². The van der Waals surface area contributed by atoms with E-state index < -0.39 is 11.3 Å². The standard InChI is InChI=1S/C18H21F2N3O/c19-18(20)5-7-22(11-15-3-9-24-12-15)13-17(18)4-8-23(14-17)16-2-1-6-21-10-16/h1-3,6,9-10,12H,4-5,7-8,11,13-14H2. The van der Waals surface area contributed by atoms with Gasteiger partial charge in [0.25, 0.3) is 5.92 Å². The first kappa shape index (κ1) is 15.6. The molecule has 4 heterocycles. The van der Waals surface area contributed by atoms with Gasteiger partial charge in [-0.25, -0.2) is 8.78 Å². The number of hydrogen-bond donors (Lipinski definition) is 0. The normalized spacial score (nSPS) is 27.0. The summed E-state index contributed by atoms with van der Waals surface area (Å²) in [7, 11) is 0. The van der Waals surface area contributed by atoms with Gasteiger partial charge < -0.3 is 9.32 Å². The van der Waals surface area contributed by atoms with Crippen molar-refractivity contribution in [3.63, 3.8) is 0 Å². The maximum Gasteiger partial charge on any atom is 0.257 e. The third kappa shape index (κ3) is 2.69. The molecule has 0 saturated carbocycles. The van der Waals surface area contributed by atoms with Gasteiger partial charge in [-0.15, -0.1) is 0 Å². The molecule has 6 heteroatoms. The number of nitrogens with zero attached hydrogens (tertiary/aromatic N) is 3. The van der Waals surface area contributed by atoms with Crippen molar-refractivity contribution in [1.29, 1.82) is 0 Å². The van der Waals surface area contributed by atoms with E-state index in [0.717, 1.165) is 11.3 Å². The maximum absolute atomic E-state index is 14.8. The highest BCUT2D eigenvalue weighted by atomic mass is 19.3. The lowest BCUT2D eigenvalue weighted by molar-refractivity contribution is -0.158. The van der Waals surface area contributed by atoms with Crippen LogP contribution in [-0.2, 0) is 6.54 Å². The van der Waals surface area contributed by atoms with Gasteiger partial charge in [0, 0.05) is 50.9 Å². The van der Waals surface area contributed by atoms with Crippen LogP contribution in [0.15, 0.2) is 47.5 Å². The highest BCUT2D eigenvalue weighted by Gasteiger charge is 2.59. The van der Waals surface area contributed by atoms with Crippen LogP contribution < -0.4 is 4.90 Å². The number of alkyl halides is 2. The molecule has 0 amide bonds. The van der Waals surface area contributed by atoms with Crippen LogP contribution in [0.3, 0.4) is 0 Å². The summed E-state index contributed by atoms with van der Waals surface area (Å²) in [6.45, 7) is 2.55. The zero-order chi connectivity index (χ0) is 16.6. The molecule has 128 valence electrons. The lowest BCUT2D eigenvalue weighted by Gasteiger charge is -2.46. The SMILES string of the molecule is FC1(F)CCN(Cc2ccoc2)CC12CCN(c1cccnc1)C2. The molecular formula is C18H21F2N3O. The second-order valence-electron chi connectivity index (χ2n) is 6.96. The summed E-state index contributed by atoms with van der Waals surface area (Å²) < 4.78 is 34.7. The molecule has 2 fully saturated rings. The fourth-order valence-electron chi connectivity index (χ4n) is 4.02. The van der Waals surface area contributed by atoms with Gasteiger partial charge in [-0.05, 0) is 24.6 Å². The molecule has 0 aromatic carbocycles. The summed E-state index contributed by atoms with van der Waals surface area (Å²) in [6, 6.07) is 5.69. The van der Waals surface area contributed by atoms with Crippen molar-refractivity contribution in [2.24, 2.45) is 5.41 Å². The summed E-state index contributed by atoms with van der Waals surface area (Å²) >= 11 is 0. The topological polar surface area (TPSA) is 32.5 Å². The van der Waals surface area contributed by atoms with Crippen LogP contribution in [-0.4, -0.2) is 42.0 Å². The highest BCUT2D eigenvalue weighted by molar-refractivity contribution is 5.45. The highest BCUT2D eigenvalue weighted by Crippen LogP contribution is 2.50. The van der Waals surface area contributed by atoms with Crippen molar-refractivity contribution in [3.8, 4) is 0 Å². The molecule has 1 atom stereocenters. The van der Waals surface area contributed by atoms with E-state index in [1.165, 1.54) is 0 Å². The molecule has 1 spiro atoms. The Morgan fingerprint density at radius 3 is 2.83 bits per heavy atom. The molecule has 2 saturated heterocycles. The van der Waals surface area contributed by atoms with Gasteiger partial charge in [0.05, 0.1) is 29.8 Å². The van der Waals surface area contributed by atoms with Crippen LogP contribution in [0.2, 0.25) is 0 Å². The molecule has 2 aliphatic rings. The van der Waals surface area contributed by atoms with E-state index in [-0.39, 0.29) is 6.42 Å². The minimum Gasteiger partial charge on any atom is -0.472 e. The zero-order valence-electron chi connectivity index (χ0n) is 13.5. The molecule has 0 aliphatic carbocycles. The Bertz CT molecular complexity index is 677. The molecule has 0 bridgehead atoms. The fourth-order valence-corrected chi connectivity index (χ4v) is 4.02. The van der Waals surface area contributed by atoms with Crippen molar-refractivity contribution in [2.45, 2.75) is 25.3 Å². The average Bonchev–Trinajstić information content (AvgIpc) is 3.23. The van der Waals surface area contributed by atoms with Crippen LogP contribution in [0, 0.1) is 5.41 Å². The summed E-state index contributed by atoms with van der Waals surface area (Å²) in [6.07, 6.45) is 7.21. The number of anilines is 1. The molecule has 0 N–H and O–H groups in total. The molecular weight excluding hydrogens is 312 g/mol. The largest absolute Gasteiger partial charge is 0.472 e. The first-order valence-corrected chi connectivity index (χ1v) is 8.34. The van der Waals surface area contributed by atoms with Crippen LogP contribution in [0.25, 0.3) is 0 Å². The zero-order valence-corrected chi connectivity index (χ0v) is 13.5. The molecule has 24 heavy (non-hydrogen) atoms. The third-order valence-electron chi connectivity index (χ3n) is 5.40. The van der Waals surface area contributed by atoms with Crippen molar-refractivity contribution < 1.29 is 13.2 Å². The van der Waals surface area contributed by atoms with E-state index in [4.69, 9.17) is 4.42 Å². The fraction of sp³-hybridized carbons (Fsp3) is 0.500. The Morgan fingerprint density at radius 2 is 2.08 bits per heavy atom. The minimum atomic E-state index is -2.63. The van der Waals surface area contributed by atoms with E-state index in [2.05, 4.69) is 9.88 Å². The third-order valence-corrected chi connectivity index (χ3v) is 5.40. The molecule has 4 nitrogen and oxygen atoms in total. The van der Waals surface area contributed by atoms with Gasteiger partial charge in [-0.2, -0.15) is 0 Å². The van der Waals surface area contributed by atoms with Gasteiger partial charge in [-0.3, -0.25) is 9.88 Å². The van der Waals surface area contributed by atoms with Crippen molar-refractivity contribution >= 4 is 5.69 Å². The van der Waals surface area contributed by atoms with Crippen molar-refractivity contribution in [3.05, 3.63) is 48.7 Å². The number of rotatable bonds is 3. The van der Waals surface area contributed by atoms with Crippen LogP contribution in [0.1, 0.15) is 18.4 Å². The van der Waals surface area contributed by atoms with Crippen LogP contribution >= 0.6 is 0 Å². The second-order valence-corrected chi connectivity index (χ2v) is 6.96. The number of furan rings is 1. The molecule has 0 radical (unpaired) electrons. The predicted octanol–water partition coefficient (Wildman–Crippen LogP) is 3.41. The Labute approximate surface area is 140 Å². The van der Waals surface area contributed by atoms with Gasteiger partial charge in [0.2, 0.25) is 0 Å². The number of piperidine rings is 1. The monoisotopic (exact) mass is 333 g/mol. The summed E-state index contributed by atoms with van der Waals surface area (Å²) in [5, 5.41) is 0. The van der Waals surface area contributed by atoms with Crippen LogP contribution in [0.4, 0.5) is 14.5 Å². The summed E-state index contributed by atoms with van der Waals surface area (Å²) in [5.74, 6) is -2.63. The van der Waals surface area contributed by atoms with Gasteiger partial charge >= 0.3 is 0 Å². The Kier molecular flexibility index (Phi) is 3.79. The van der Waals surface area contributed by atoms with E-state index in [0.29, 0.717) is 39.1 Å². The first-order chi connectivity index (χ1) is 11.6. The van der Waals surface area contributed by atoms with Crippen molar-refractivity contribution in [2.75, 3.05) is 31.1 Å². The van der Waals surface area contributed by atoms with E-state index in [9.17, 15) is 8.78 Å². The minimum absolute atomic E-state index is 0.0776. The first-order valence-electron chi connectivity index (χ1n) is 8.34. The number of likely N-dealkylation sites (tertiary alicyclic amines) is 1. The van der Waals surface area contributed by atoms with E-state index in [1.807, 2.05) is 23.1 Å². The number of halogens is 2. The van der Waals surface area contributed by atoms with Gasteiger partial charge in [0.15, 0.2) is 0 Å². The molecule has 1 unspecified atom stereocenters. The average molecular weight is 333 g/mol. The predicted molar refractivity (Wildman–Crippen MR) is 87.0 cm³/mol. The number of aromatic nitrogens is 1. The van der Waals surface area contributed by atoms with Gasteiger partial charge in [-0.1, -0.05) is 0 Å². The maximum atomic E-state index is 14.8. The lowest BCUT2D eigenvalue weighted by atomic mass is 9.75. The van der Waals surface area contributed by atoms with E-state index >= 15 is 0 Å². The van der Waals surface area contributed by atoms with Gasteiger partial charge in [0.1, 0.15) is 0 Å². The molecule has 4 rings (SSSR count). The summed E-state index contributed by atoms with van der Waals surface area (Å²) in [5.41, 5.74) is 0.986.